The highest BCUT2D eigenvalue weighted by Crippen LogP contribution is 2.44. The van der Waals surface area contributed by atoms with Crippen LogP contribution in [0.1, 0.15) is 46.3 Å². The Morgan fingerprint density at radius 1 is 0.943 bits per heavy atom. The first-order valence-electron chi connectivity index (χ1n) is 11.6. The topological polar surface area (TPSA) is 105 Å². The number of alkyl carbamates (subject to hydrolysis) is 1. The van der Waals surface area contributed by atoms with E-state index in [2.05, 4.69) is 34.9 Å². The lowest BCUT2D eigenvalue weighted by Crippen LogP contribution is -2.36. The molecule has 7 heteroatoms. The molecule has 0 aromatic heterocycles. The maximum Gasteiger partial charge on any atom is 0.407 e. The fraction of sp³-hybridized carbons (Fsp3) is 0.250. The van der Waals surface area contributed by atoms with Gasteiger partial charge < -0.3 is 20.5 Å². The zero-order chi connectivity index (χ0) is 24.9. The number of aromatic carboxylic acids is 1. The molecule has 2 amide bonds. The van der Waals surface area contributed by atoms with Crippen LogP contribution in [0, 0.1) is 12.8 Å². The molecular weight excluding hydrogens is 444 g/mol. The third-order valence-electron chi connectivity index (χ3n) is 6.44. The number of rotatable bonds is 8. The molecule has 1 atom stereocenters. The van der Waals surface area contributed by atoms with E-state index in [4.69, 9.17) is 4.74 Å². The molecule has 0 heterocycles. The summed E-state index contributed by atoms with van der Waals surface area (Å²) in [4.78, 5) is 36.8. The van der Waals surface area contributed by atoms with Crippen LogP contribution in [0.3, 0.4) is 0 Å². The third-order valence-corrected chi connectivity index (χ3v) is 6.44. The molecule has 1 unspecified atom stereocenters. The van der Waals surface area contributed by atoms with Gasteiger partial charge in [-0.3, -0.25) is 4.79 Å². The molecule has 0 fully saturated rings. The first-order chi connectivity index (χ1) is 16.9. The summed E-state index contributed by atoms with van der Waals surface area (Å²) in [5, 5.41) is 14.9. The molecule has 7 nitrogen and oxygen atoms in total. The molecule has 3 aromatic carbocycles. The number of aryl methyl sites for hydroxylation is 1. The zero-order valence-electron chi connectivity index (χ0n) is 19.7. The summed E-state index contributed by atoms with van der Waals surface area (Å²) in [6.07, 6.45) is -0.135. The molecule has 4 rings (SSSR count). The predicted molar refractivity (Wildman–Crippen MR) is 134 cm³/mol. The van der Waals surface area contributed by atoms with Gasteiger partial charge in [0, 0.05) is 12.5 Å². The Hall–Kier alpha value is -4.13. The normalized spacial score (nSPS) is 12.9. The first-order valence-corrected chi connectivity index (χ1v) is 11.6. The van der Waals surface area contributed by atoms with E-state index < -0.39 is 18.0 Å². The number of carboxylic acid groups (broad SMARTS) is 1. The van der Waals surface area contributed by atoms with Crippen LogP contribution in [0.15, 0.2) is 66.7 Å². The summed E-state index contributed by atoms with van der Waals surface area (Å²) in [5.41, 5.74) is 5.40. The first kappa shape index (κ1) is 24.0. The van der Waals surface area contributed by atoms with E-state index in [0.29, 0.717) is 12.0 Å². The smallest absolute Gasteiger partial charge is 0.407 e. The van der Waals surface area contributed by atoms with Crippen LogP contribution in [-0.4, -0.2) is 36.2 Å². The fourth-order valence-corrected chi connectivity index (χ4v) is 4.57. The average Bonchev–Trinajstić information content (AvgIpc) is 3.16. The number of ether oxygens (including phenoxy) is 1. The van der Waals surface area contributed by atoms with Crippen LogP contribution in [0.4, 0.5) is 10.5 Å². The van der Waals surface area contributed by atoms with Crippen molar-refractivity contribution < 1.29 is 24.2 Å². The number of hydrogen-bond acceptors (Lipinski definition) is 4. The van der Waals surface area contributed by atoms with E-state index in [9.17, 15) is 19.5 Å². The van der Waals surface area contributed by atoms with E-state index in [1.165, 1.54) is 0 Å². The van der Waals surface area contributed by atoms with Gasteiger partial charge in [-0.1, -0.05) is 67.6 Å². The average molecular weight is 473 g/mol. The summed E-state index contributed by atoms with van der Waals surface area (Å²) in [5.74, 6) is -2.06. The molecular formula is C28H28N2O5. The van der Waals surface area contributed by atoms with Gasteiger partial charge in [-0.05, 0) is 47.2 Å². The van der Waals surface area contributed by atoms with Crippen molar-refractivity contribution >= 4 is 23.7 Å². The van der Waals surface area contributed by atoms with Crippen molar-refractivity contribution in [3.05, 3.63) is 89.0 Å². The SMILES string of the molecule is CCC(CNC(=O)OCC1c2ccccc2-c2ccccc21)C(=O)Nc1cccc(C)c1C(=O)O. The van der Waals surface area contributed by atoms with Crippen LogP contribution in [-0.2, 0) is 9.53 Å². The van der Waals surface area contributed by atoms with Gasteiger partial charge >= 0.3 is 12.1 Å². The number of nitrogens with one attached hydrogen (secondary N) is 2. The number of carboxylic acids is 1. The van der Waals surface area contributed by atoms with Crippen molar-refractivity contribution in [2.24, 2.45) is 5.92 Å². The standard InChI is InChI=1S/C28H28N2O5/c1-3-18(26(31)30-24-14-8-9-17(2)25(24)27(32)33)15-29-28(34)35-16-23-21-12-6-4-10-19(21)20-11-5-7-13-22(20)23/h4-14,18,23H,3,15-16H2,1-2H3,(H,29,34)(H,30,31)(H,32,33). The van der Waals surface area contributed by atoms with Crippen molar-refractivity contribution in [1.29, 1.82) is 0 Å². The molecule has 0 radical (unpaired) electrons. The van der Waals surface area contributed by atoms with Gasteiger partial charge in [-0.25, -0.2) is 9.59 Å². The monoisotopic (exact) mass is 472 g/mol. The second-order valence-corrected chi connectivity index (χ2v) is 8.60. The van der Waals surface area contributed by atoms with Gasteiger partial charge in [0.15, 0.2) is 0 Å². The quantitative estimate of drug-likeness (QED) is 0.418. The highest BCUT2D eigenvalue weighted by Gasteiger charge is 2.29. The third kappa shape index (κ3) is 5.04. The van der Waals surface area contributed by atoms with Gasteiger partial charge in [-0.15, -0.1) is 0 Å². The van der Waals surface area contributed by atoms with E-state index in [-0.39, 0.29) is 36.2 Å². The highest BCUT2D eigenvalue weighted by atomic mass is 16.5. The number of fused-ring (bicyclic) bond motifs is 3. The van der Waals surface area contributed by atoms with Crippen molar-refractivity contribution in [2.75, 3.05) is 18.5 Å². The molecule has 0 saturated carbocycles. The van der Waals surface area contributed by atoms with Gasteiger partial charge in [-0.2, -0.15) is 0 Å². The maximum atomic E-state index is 12.8. The van der Waals surface area contributed by atoms with E-state index in [0.717, 1.165) is 22.3 Å². The minimum atomic E-state index is -1.11. The Morgan fingerprint density at radius 3 is 2.17 bits per heavy atom. The molecule has 3 N–H and O–H groups in total. The van der Waals surface area contributed by atoms with Crippen LogP contribution >= 0.6 is 0 Å². The molecule has 180 valence electrons. The Kier molecular flexibility index (Phi) is 7.15. The highest BCUT2D eigenvalue weighted by molar-refractivity contribution is 6.02. The largest absolute Gasteiger partial charge is 0.478 e. The predicted octanol–water partition coefficient (Wildman–Crippen LogP) is 5.20. The lowest BCUT2D eigenvalue weighted by Gasteiger charge is -2.18. The summed E-state index contributed by atoms with van der Waals surface area (Å²) in [7, 11) is 0. The van der Waals surface area contributed by atoms with Crippen LogP contribution in [0.5, 0.6) is 0 Å². The molecule has 1 aliphatic carbocycles. The van der Waals surface area contributed by atoms with Crippen LogP contribution in [0.2, 0.25) is 0 Å². The number of hydrogen-bond donors (Lipinski definition) is 3. The Balaban J connectivity index is 1.35. The second-order valence-electron chi connectivity index (χ2n) is 8.60. The summed E-state index contributed by atoms with van der Waals surface area (Å²) in [6.45, 7) is 3.77. The minimum Gasteiger partial charge on any atom is -0.478 e. The molecule has 0 saturated heterocycles. The van der Waals surface area contributed by atoms with Gasteiger partial charge in [0.2, 0.25) is 5.91 Å². The van der Waals surface area contributed by atoms with Crippen LogP contribution in [0.25, 0.3) is 11.1 Å². The van der Waals surface area contributed by atoms with Crippen molar-refractivity contribution in [3.63, 3.8) is 0 Å². The summed E-state index contributed by atoms with van der Waals surface area (Å²) < 4.78 is 5.54. The molecule has 0 bridgehead atoms. The molecule has 3 aromatic rings. The molecule has 1 aliphatic rings. The number of amides is 2. The summed E-state index contributed by atoms with van der Waals surface area (Å²) in [6, 6.07) is 21.1. The van der Waals surface area contributed by atoms with Gasteiger partial charge in [0.05, 0.1) is 17.2 Å². The van der Waals surface area contributed by atoms with Crippen molar-refractivity contribution in [2.45, 2.75) is 26.2 Å². The Morgan fingerprint density at radius 2 is 1.57 bits per heavy atom. The number of anilines is 1. The number of carbonyl (C=O) groups is 3. The lowest BCUT2D eigenvalue weighted by molar-refractivity contribution is -0.119. The molecule has 35 heavy (non-hydrogen) atoms. The van der Waals surface area contributed by atoms with E-state index >= 15 is 0 Å². The zero-order valence-corrected chi connectivity index (χ0v) is 19.7. The van der Waals surface area contributed by atoms with Gasteiger partial charge in [0.1, 0.15) is 6.61 Å². The van der Waals surface area contributed by atoms with Crippen molar-refractivity contribution in [1.82, 2.24) is 5.32 Å². The second kappa shape index (κ2) is 10.4. The molecule has 0 aliphatic heterocycles. The van der Waals surface area contributed by atoms with E-state index in [1.807, 2.05) is 31.2 Å². The lowest BCUT2D eigenvalue weighted by atomic mass is 9.98. The van der Waals surface area contributed by atoms with Crippen LogP contribution < -0.4 is 10.6 Å². The minimum absolute atomic E-state index is 0.0471. The Labute approximate surface area is 204 Å². The summed E-state index contributed by atoms with van der Waals surface area (Å²) >= 11 is 0. The van der Waals surface area contributed by atoms with Gasteiger partial charge in [0.25, 0.3) is 0 Å². The molecule has 0 spiro atoms. The number of carbonyl (C=O) groups excluding carboxylic acids is 2. The number of benzene rings is 3. The Bertz CT molecular complexity index is 1220. The van der Waals surface area contributed by atoms with Crippen molar-refractivity contribution in [3.8, 4) is 11.1 Å². The fourth-order valence-electron chi connectivity index (χ4n) is 4.57. The maximum absolute atomic E-state index is 12.8. The van der Waals surface area contributed by atoms with E-state index in [1.54, 1.807) is 25.1 Å².